The van der Waals surface area contributed by atoms with Gasteiger partial charge in [0.2, 0.25) is 0 Å². The van der Waals surface area contributed by atoms with Gasteiger partial charge in [0.1, 0.15) is 0 Å². The third kappa shape index (κ3) is 5.53. The van der Waals surface area contributed by atoms with Crippen LogP contribution < -0.4 is 11.1 Å². The van der Waals surface area contributed by atoms with Crippen LogP contribution in [0.25, 0.3) is 0 Å². The fourth-order valence-corrected chi connectivity index (χ4v) is 2.34. The molecule has 0 heterocycles. The smallest absolute Gasteiger partial charge is 0.193 e. The number of hydrogen-bond acceptors (Lipinski definition) is 1. The molecule has 0 saturated carbocycles. The highest BCUT2D eigenvalue weighted by atomic mass is 127. The Balaban J connectivity index is 0.00000200. The molecule has 1 aliphatic carbocycles. The number of halogens is 1. The number of nitrogens with one attached hydrogen (secondary N) is 1. The van der Waals surface area contributed by atoms with Gasteiger partial charge in [-0.25, -0.2) is 0 Å². The van der Waals surface area contributed by atoms with Crippen molar-refractivity contribution in [2.75, 3.05) is 11.9 Å². The zero-order valence-electron chi connectivity index (χ0n) is 12.1. The van der Waals surface area contributed by atoms with E-state index in [2.05, 4.69) is 35.4 Å². The van der Waals surface area contributed by atoms with Crippen molar-refractivity contribution < 1.29 is 0 Å². The Morgan fingerprint density at radius 2 is 2.25 bits per heavy atom. The first-order valence-corrected chi connectivity index (χ1v) is 7.11. The fourth-order valence-electron chi connectivity index (χ4n) is 2.34. The van der Waals surface area contributed by atoms with Gasteiger partial charge in [-0.05, 0) is 49.8 Å². The van der Waals surface area contributed by atoms with E-state index in [1.54, 1.807) is 0 Å². The van der Waals surface area contributed by atoms with Crippen LogP contribution in [-0.4, -0.2) is 12.5 Å². The molecule has 0 fully saturated rings. The van der Waals surface area contributed by atoms with E-state index < -0.39 is 0 Å². The predicted molar refractivity (Wildman–Crippen MR) is 97.9 cm³/mol. The van der Waals surface area contributed by atoms with Crippen LogP contribution in [0.2, 0.25) is 0 Å². The molecule has 1 aromatic carbocycles. The summed E-state index contributed by atoms with van der Waals surface area (Å²) in [6.45, 7) is 2.92. The van der Waals surface area contributed by atoms with E-state index in [9.17, 15) is 0 Å². The van der Waals surface area contributed by atoms with Crippen molar-refractivity contribution >= 4 is 35.6 Å². The van der Waals surface area contributed by atoms with Gasteiger partial charge in [0.25, 0.3) is 0 Å². The number of rotatable bonds is 5. The zero-order chi connectivity index (χ0) is 13.5. The zero-order valence-corrected chi connectivity index (χ0v) is 14.4. The van der Waals surface area contributed by atoms with Gasteiger partial charge in [0.05, 0.1) is 0 Å². The molecule has 0 aliphatic heterocycles. The third-order valence-electron chi connectivity index (χ3n) is 3.46. The molecule has 2 rings (SSSR count). The predicted octanol–water partition coefficient (Wildman–Crippen LogP) is 4.09. The Morgan fingerprint density at radius 1 is 1.40 bits per heavy atom. The average molecular weight is 385 g/mol. The highest BCUT2D eigenvalue weighted by Gasteiger charge is 2.03. The first-order chi connectivity index (χ1) is 9.28. The van der Waals surface area contributed by atoms with Crippen molar-refractivity contribution in [2.24, 2.45) is 10.7 Å². The molecule has 4 heteroatoms. The van der Waals surface area contributed by atoms with E-state index in [1.807, 2.05) is 12.1 Å². The lowest BCUT2D eigenvalue weighted by Gasteiger charge is -2.07. The maximum atomic E-state index is 5.90. The van der Waals surface area contributed by atoms with Crippen molar-refractivity contribution in [2.45, 2.75) is 39.0 Å². The Labute approximate surface area is 138 Å². The van der Waals surface area contributed by atoms with Gasteiger partial charge in [-0.3, -0.25) is 4.99 Å². The monoisotopic (exact) mass is 385 g/mol. The Bertz CT molecular complexity index is 480. The molecular formula is C16H24IN3. The maximum Gasteiger partial charge on any atom is 0.193 e. The molecule has 20 heavy (non-hydrogen) atoms. The van der Waals surface area contributed by atoms with E-state index >= 15 is 0 Å². The number of anilines is 1. The minimum atomic E-state index is 0. The van der Waals surface area contributed by atoms with Crippen molar-refractivity contribution in [3.63, 3.8) is 0 Å². The number of nitrogens with two attached hydrogens (primary N) is 1. The van der Waals surface area contributed by atoms with Gasteiger partial charge in [0.15, 0.2) is 5.96 Å². The minimum absolute atomic E-state index is 0. The van der Waals surface area contributed by atoms with E-state index in [0.717, 1.165) is 25.1 Å². The number of aliphatic imine (C=N–C) groups is 1. The lowest BCUT2D eigenvalue weighted by atomic mass is 10.1. The Hall–Kier alpha value is -1.04. The molecule has 0 spiro atoms. The Morgan fingerprint density at radius 3 is 2.95 bits per heavy atom. The van der Waals surface area contributed by atoms with Crippen molar-refractivity contribution in [1.82, 2.24) is 0 Å². The minimum Gasteiger partial charge on any atom is -0.370 e. The first kappa shape index (κ1) is 17.0. The Kier molecular flexibility index (Phi) is 7.65. The fraction of sp³-hybridized carbons (Fsp3) is 0.438. The summed E-state index contributed by atoms with van der Waals surface area (Å²) in [7, 11) is 0. The normalized spacial score (nSPS) is 14.7. The van der Waals surface area contributed by atoms with Crippen molar-refractivity contribution in [1.29, 1.82) is 0 Å². The number of nitrogens with zero attached hydrogens (tertiary/aromatic N) is 1. The van der Waals surface area contributed by atoms with Gasteiger partial charge in [0, 0.05) is 12.2 Å². The maximum absolute atomic E-state index is 5.90. The van der Waals surface area contributed by atoms with Crippen LogP contribution in [0.3, 0.4) is 0 Å². The molecule has 1 aromatic rings. The van der Waals surface area contributed by atoms with Gasteiger partial charge >= 0.3 is 0 Å². The van der Waals surface area contributed by atoms with E-state index in [-0.39, 0.29) is 24.0 Å². The summed E-state index contributed by atoms with van der Waals surface area (Å²) in [6.07, 6.45) is 8.18. The largest absolute Gasteiger partial charge is 0.370 e. The van der Waals surface area contributed by atoms with Gasteiger partial charge < -0.3 is 11.1 Å². The molecule has 0 aromatic heterocycles. The number of guanidine groups is 1. The van der Waals surface area contributed by atoms with Crippen LogP contribution >= 0.6 is 24.0 Å². The van der Waals surface area contributed by atoms with Crippen LogP contribution in [0.5, 0.6) is 0 Å². The molecular weight excluding hydrogens is 361 g/mol. The molecule has 3 N–H and O–H groups in total. The van der Waals surface area contributed by atoms with Crippen LogP contribution in [0.4, 0.5) is 5.69 Å². The van der Waals surface area contributed by atoms with Gasteiger partial charge in [-0.15, -0.1) is 24.0 Å². The lowest BCUT2D eigenvalue weighted by molar-refractivity contribution is 0.850. The molecule has 0 atom stereocenters. The summed E-state index contributed by atoms with van der Waals surface area (Å²) >= 11 is 0. The van der Waals surface area contributed by atoms with E-state index in [4.69, 9.17) is 5.73 Å². The molecule has 110 valence electrons. The molecule has 1 aliphatic rings. The van der Waals surface area contributed by atoms with E-state index in [1.165, 1.54) is 30.4 Å². The topological polar surface area (TPSA) is 50.4 Å². The van der Waals surface area contributed by atoms with Crippen LogP contribution in [0.15, 0.2) is 40.9 Å². The van der Waals surface area contributed by atoms with Crippen LogP contribution in [0, 0.1) is 0 Å². The lowest BCUT2D eigenvalue weighted by Crippen LogP contribution is -2.22. The molecule has 0 amide bonds. The molecule has 0 unspecified atom stereocenters. The van der Waals surface area contributed by atoms with Crippen molar-refractivity contribution in [3.05, 3.63) is 41.5 Å². The number of benzene rings is 1. The molecule has 0 bridgehead atoms. The number of hydrogen-bond donors (Lipinski definition) is 2. The number of aryl methyl sites for hydroxylation is 1. The summed E-state index contributed by atoms with van der Waals surface area (Å²) in [4.78, 5) is 4.38. The summed E-state index contributed by atoms with van der Waals surface area (Å²) < 4.78 is 0. The standard InChI is InChI=1S/C16H23N3.HI/c1-2-13-8-5-9-15(12-13)19-16(17)18-11-10-14-6-3-4-7-14;/h5-6,8-9,12H,2-4,7,10-11H2,1H3,(H3,17,18,19);1H. The second-order valence-corrected chi connectivity index (χ2v) is 4.95. The molecule has 0 radical (unpaired) electrons. The summed E-state index contributed by atoms with van der Waals surface area (Å²) in [5.41, 5.74) is 9.75. The van der Waals surface area contributed by atoms with Crippen LogP contribution in [0.1, 0.15) is 38.2 Å². The summed E-state index contributed by atoms with van der Waals surface area (Å²) in [6, 6.07) is 8.28. The second-order valence-electron chi connectivity index (χ2n) is 4.95. The van der Waals surface area contributed by atoms with Crippen molar-refractivity contribution in [3.8, 4) is 0 Å². The molecule has 0 saturated heterocycles. The SMILES string of the molecule is CCc1cccc(NC(N)=NCCC2=CCCC2)c1.I. The van der Waals surface area contributed by atoms with Crippen LogP contribution in [-0.2, 0) is 6.42 Å². The first-order valence-electron chi connectivity index (χ1n) is 7.11. The van der Waals surface area contributed by atoms with Gasteiger partial charge in [-0.2, -0.15) is 0 Å². The summed E-state index contributed by atoms with van der Waals surface area (Å²) in [5.74, 6) is 0.506. The number of allylic oxidation sites excluding steroid dienone is 1. The van der Waals surface area contributed by atoms with Gasteiger partial charge in [-0.1, -0.05) is 30.7 Å². The third-order valence-corrected chi connectivity index (χ3v) is 3.46. The highest BCUT2D eigenvalue weighted by Crippen LogP contribution is 2.20. The molecule has 3 nitrogen and oxygen atoms in total. The van der Waals surface area contributed by atoms with E-state index in [0.29, 0.717) is 5.96 Å². The average Bonchev–Trinajstić information content (AvgIpc) is 2.92. The summed E-state index contributed by atoms with van der Waals surface area (Å²) in [5, 5.41) is 3.15. The highest BCUT2D eigenvalue weighted by molar-refractivity contribution is 14.0. The second kappa shape index (κ2) is 9.00. The quantitative estimate of drug-likeness (QED) is 0.347.